The van der Waals surface area contributed by atoms with Crippen LogP contribution in [0.2, 0.25) is 0 Å². The van der Waals surface area contributed by atoms with Gasteiger partial charge in [-0.05, 0) is 36.8 Å². The van der Waals surface area contributed by atoms with Crippen LogP contribution in [-0.4, -0.2) is 38.2 Å². The van der Waals surface area contributed by atoms with Crippen LogP contribution in [0.15, 0.2) is 47.9 Å². The Morgan fingerprint density at radius 3 is 2.82 bits per heavy atom. The lowest BCUT2D eigenvalue weighted by Gasteiger charge is -2.14. The summed E-state index contributed by atoms with van der Waals surface area (Å²) in [5.41, 5.74) is 1.89. The lowest BCUT2D eigenvalue weighted by atomic mass is 10.1. The molecule has 1 N–H and O–H groups in total. The number of ether oxygens (including phenoxy) is 2. The lowest BCUT2D eigenvalue weighted by molar-refractivity contribution is -0.119. The maximum atomic E-state index is 12.4. The highest BCUT2D eigenvalue weighted by molar-refractivity contribution is 7.99. The fourth-order valence-electron chi connectivity index (χ4n) is 2.87. The zero-order chi connectivity index (χ0) is 19.5. The first kappa shape index (κ1) is 18.3. The van der Waals surface area contributed by atoms with Crippen molar-refractivity contribution in [3.05, 3.63) is 48.3 Å². The van der Waals surface area contributed by atoms with Gasteiger partial charge < -0.3 is 19.4 Å². The molecule has 0 saturated heterocycles. The summed E-state index contributed by atoms with van der Waals surface area (Å²) in [5.74, 6) is 2.33. The number of nitrogens with one attached hydrogen (secondary N) is 1. The average molecular weight is 397 g/mol. The number of benzene rings is 1. The largest absolute Gasteiger partial charge is 0.454 e. The van der Waals surface area contributed by atoms with Gasteiger partial charge in [-0.25, -0.2) is 0 Å². The zero-order valence-corrected chi connectivity index (χ0v) is 16.3. The number of hydrogen-bond donors (Lipinski definition) is 1. The number of fused-ring (bicyclic) bond motifs is 1. The molecule has 1 aliphatic heterocycles. The molecule has 0 radical (unpaired) electrons. The Morgan fingerprint density at radius 2 is 2.00 bits per heavy atom. The minimum absolute atomic E-state index is 0.0800. The quantitative estimate of drug-likeness (QED) is 0.639. The maximum Gasteiger partial charge on any atom is 0.231 e. The van der Waals surface area contributed by atoms with E-state index >= 15 is 0 Å². The van der Waals surface area contributed by atoms with E-state index in [4.69, 9.17) is 9.47 Å². The van der Waals surface area contributed by atoms with Gasteiger partial charge >= 0.3 is 0 Å². The van der Waals surface area contributed by atoms with Crippen LogP contribution in [-0.2, 0) is 11.8 Å². The van der Waals surface area contributed by atoms with Gasteiger partial charge in [-0.3, -0.25) is 9.78 Å². The highest BCUT2D eigenvalue weighted by Gasteiger charge is 2.18. The van der Waals surface area contributed by atoms with Crippen LogP contribution >= 0.6 is 11.8 Å². The van der Waals surface area contributed by atoms with Gasteiger partial charge in [-0.2, -0.15) is 0 Å². The van der Waals surface area contributed by atoms with Crippen molar-refractivity contribution >= 4 is 17.7 Å². The third kappa shape index (κ3) is 3.79. The van der Waals surface area contributed by atoms with Crippen molar-refractivity contribution in [1.29, 1.82) is 0 Å². The summed E-state index contributed by atoms with van der Waals surface area (Å²) < 4.78 is 12.6. The summed E-state index contributed by atoms with van der Waals surface area (Å²) in [5, 5.41) is 12.1. The second-order valence-electron chi connectivity index (χ2n) is 6.29. The van der Waals surface area contributed by atoms with Crippen molar-refractivity contribution in [2.75, 3.05) is 12.5 Å². The minimum atomic E-state index is -0.144. The molecule has 1 atom stereocenters. The van der Waals surface area contributed by atoms with Crippen molar-refractivity contribution < 1.29 is 14.3 Å². The normalized spacial score (nSPS) is 13.4. The van der Waals surface area contributed by atoms with Gasteiger partial charge in [-0.15, -0.1) is 10.2 Å². The summed E-state index contributed by atoms with van der Waals surface area (Å²) in [6.07, 6.45) is 3.42. The predicted molar refractivity (Wildman–Crippen MR) is 104 cm³/mol. The van der Waals surface area contributed by atoms with Crippen LogP contribution in [0.25, 0.3) is 11.4 Å². The molecule has 1 amide bonds. The first-order chi connectivity index (χ1) is 13.6. The highest BCUT2D eigenvalue weighted by atomic mass is 32.2. The van der Waals surface area contributed by atoms with Crippen LogP contribution in [0.3, 0.4) is 0 Å². The highest BCUT2D eigenvalue weighted by Crippen LogP contribution is 2.34. The first-order valence-electron chi connectivity index (χ1n) is 8.73. The third-order valence-electron chi connectivity index (χ3n) is 4.38. The average Bonchev–Trinajstić information content (AvgIpc) is 3.32. The Hall–Kier alpha value is -3.07. The Labute approximate surface area is 166 Å². The molecule has 0 spiro atoms. The smallest absolute Gasteiger partial charge is 0.231 e. The van der Waals surface area contributed by atoms with E-state index in [0.717, 1.165) is 22.7 Å². The Balaban J connectivity index is 1.35. The second-order valence-corrected chi connectivity index (χ2v) is 7.23. The molecule has 1 aromatic carbocycles. The Bertz CT molecular complexity index is 992. The van der Waals surface area contributed by atoms with Gasteiger partial charge in [0.25, 0.3) is 0 Å². The number of hydrogen-bond acceptors (Lipinski definition) is 7. The van der Waals surface area contributed by atoms with Gasteiger partial charge in [0.1, 0.15) is 0 Å². The number of rotatable bonds is 6. The number of carbonyl (C=O) groups is 1. The number of nitrogens with zero attached hydrogens (tertiary/aromatic N) is 4. The van der Waals surface area contributed by atoms with Gasteiger partial charge in [-0.1, -0.05) is 17.8 Å². The molecule has 144 valence electrons. The first-order valence-corrected chi connectivity index (χ1v) is 9.72. The van der Waals surface area contributed by atoms with E-state index in [1.54, 1.807) is 12.4 Å². The van der Waals surface area contributed by atoms with Crippen LogP contribution < -0.4 is 14.8 Å². The van der Waals surface area contributed by atoms with Crippen LogP contribution in [0.4, 0.5) is 0 Å². The summed E-state index contributed by atoms with van der Waals surface area (Å²) in [7, 11) is 1.88. The van der Waals surface area contributed by atoms with Gasteiger partial charge in [0.2, 0.25) is 12.7 Å². The maximum absolute atomic E-state index is 12.4. The fourth-order valence-corrected chi connectivity index (χ4v) is 3.59. The number of thioether (sulfide) groups is 1. The molecule has 8 nitrogen and oxygen atoms in total. The molecule has 1 aliphatic rings. The monoisotopic (exact) mass is 397 g/mol. The predicted octanol–water partition coefficient (Wildman–Crippen LogP) is 2.58. The summed E-state index contributed by atoms with van der Waals surface area (Å²) in [4.78, 5) is 16.4. The van der Waals surface area contributed by atoms with Crippen LogP contribution in [0.5, 0.6) is 11.5 Å². The SMILES string of the molecule is C[C@H](NC(=O)CSc1nnc(-c2ccncc2)n1C)c1ccc2c(c1)OCO2. The molecular formula is C19H19N5O3S. The molecule has 9 heteroatoms. The van der Waals surface area contributed by atoms with E-state index in [-0.39, 0.29) is 24.5 Å². The van der Waals surface area contributed by atoms with E-state index in [0.29, 0.717) is 10.9 Å². The molecule has 3 aromatic rings. The van der Waals surface area contributed by atoms with Crippen molar-refractivity contribution in [2.24, 2.45) is 7.05 Å². The van der Waals surface area contributed by atoms with E-state index in [2.05, 4.69) is 20.5 Å². The van der Waals surface area contributed by atoms with Crippen molar-refractivity contribution in [2.45, 2.75) is 18.1 Å². The molecule has 0 fully saturated rings. The molecule has 2 aromatic heterocycles. The number of pyridine rings is 1. The summed E-state index contributed by atoms with van der Waals surface area (Å²) in [6.45, 7) is 2.17. The van der Waals surface area contributed by atoms with Gasteiger partial charge in [0.05, 0.1) is 11.8 Å². The topological polar surface area (TPSA) is 91.2 Å². The molecule has 0 saturated carbocycles. The summed E-state index contributed by atoms with van der Waals surface area (Å²) in [6, 6.07) is 9.28. The molecule has 3 heterocycles. The van der Waals surface area contributed by atoms with Crippen LogP contribution in [0.1, 0.15) is 18.5 Å². The van der Waals surface area contributed by atoms with Crippen molar-refractivity contribution in [3.63, 3.8) is 0 Å². The molecule has 0 unspecified atom stereocenters. The van der Waals surface area contributed by atoms with Gasteiger partial charge in [0, 0.05) is 25.0 Å². The molecule has 28 heavy (non-hydrogen) atoms. The summed E-state index contributed by atoms with van der Waals surface area (Å²) >= 11 is 1.34. The van der Waals surface area contributed by atoms with Crippen molar-refractivity contribution in [3.8, 4) is 22.9 Å². The lowest BCUT2D eigenvalue weighted by Crippen LogP contribution is -2.28. The Morgan fingerprint density at radius 1 is 1.21 bits per heavy atom. The molecular weight excluding hydrogens is 378 g/mol. The number of carbonyl (C=O) groups excluding carboxylic acids is 1. The third-order valence-corrected chi connectivity index (χ3v) is 5.40. The number of amides is 1. The number of aromatic nitrogens is 4. The zero-order valence-electron chi connectivity index (χ0n) is 15.5. The van der Waals surface area contributed by atoms with Crippen molar-refractivity contribution in [1.82, 2.24) is 25.1 Å². The van der Waals surface area contributed by atoms with E-state index in [9.17, 15) is 4.79 Å². The molecule has 4 rings (SSSR count). The van der Waals surface area contributed by atoms with E-state index in [1.807, 2.05) is 48.9 Å². The van der Waals surface area contributed by atoms with Gasteiger partial charge in [0.15, 0.2) is 22.5 Å². The Kier molecular flexibility index (Phi) is 5.16. The standard InChI is InChI=1S/C19H19N5O3S/c1-12(14-3-4-15-16(9-14)27-11-26-15)21-17(25)10-28-19-23-22-18(24(19)2)13-5-7-20-8-6-13/h3-9,12H,10-11H2,1-2H3,(H,21,25)/t12-/m0/s1. The second kappa shape index (κ2) is 7.89. The molecule has 0 aliphatic carbocycles. The van der Waals surface area contributed by atoms with Crippen LogP contribution in [0, 0.1) is 0 Å². The fraction of sp³-hybridized carbons (Fsp3) is 0.263. The molecule has 0 bridgehead atoms. The van der Waals surface area contributed by atoms with E-state index in [1.165, 1.54) is 11.8 Å². The van der Waals surface area contributed by atoms with E-state index < -0.39 is 0 Å². The minimum Gasteiger partial charge on any atom is -0.454 e.